The van der Waals surface area contributed by atoms with E-state index in [1.807, 2.05) is 12.1 Å². The summed E-state index contributed by atoms with van der Waals surface area (Å²) < 4.78 is 5.20. The highest BCUT2D eigenvalue weighted by Crippen LogP contribution is 2.12. The molecule has 0 atom stereocenters. The third-order valence-corrected chi connectivity index (χ3v) is 3.75. The van der Waals surface area contributed by atoms with Crippen LogP contribution >= 0.6 is 0 Å². The third-order valence-electron chi connectivity index (χ3n) is 3.75. The lowest BCUT2D eigenvalue weighted by molar-refractivity contribution is -0.117. The number of allylic oxidation sites excluding steroid dienone is 6. The number of furan rings is 1. The fourth-order valence-corrected chi connectivity index (χ4v) is 2.31. The Bertz CT molecular complexity index is 553. The Morgan fingerprint density at radius 1 is 1.00 bits per heavy atom. The first-order chi connectivity index (χ1) is 11.0. The Hall–Kier alpha value is -1.83. The van der Waals surface area contributed by atoms with Crippen LogP contribution in [0.1, 0.15) is 65.6 Å². The van der Waals surface area contributed by atoms with E-state index in [0.717, 1.165) is 31.4 Å². The van der Waals surface area contributed by atoms with Gasteiger partial charge in [-0.2, -0.15) is 0 Å². The molecule has 0 aromatic carbocycles. The topological polar surface area (TPSA) is 30.2 Å². The van der Waals surface area contributed by atoms with Crippen LogP contribution in [0, 0.1) is 0 Å². The van der Waals surface area contributed by atoms with Gasteiger partial charge >= 0.3 is 0 Å². The summed E-state index contributed by atoms with van der Waals surface area (Å²) in [5.74, 6) is 0.948. The molecule has 1 aromatic heterocycles. The number of ketones is 1. The molecule has 0 saturated heterocycles. The summed E-state index contributed by atoms with van der Waals surface area (Å²) in [7, 11) is 0. The molecule has 126 valence electrons. The van der Waals surface area contributed by atoms with Gasteiger partial charge in [0.25, 0.3) is 0 Å². The maximum atomic E-state index is 11.8. The number of carbonyl (C=O) groups excluding carboxylic acids is 1. The van der Waals surface area contributed by atoms with Crippen molar-refractivity contribution in [1.82, 2.24) is 0 Å². The van der Waals surface area contributed by atoms with Gasteiger partial charge in [0, 0.05) is 6.42 Å². The van der Waals surface area contributed by atoms with Crippen LogP contribution in [0.15, 0.2) is 57.8 Å². The fraction of sp³-hybridized carbons (Fsp3) is 0.476. The predicted molar refractivity (Wildman–Crippen MR) is 97.4 cm³/mol. The summed E-state index contributed by atoms with van der Waals surface area (Å²) in [6.45, 7) is 8.58. The molecule has 0 N–H and O–H groups in total. The van der Waals surface area contributed by atoms with Gasteiger partial charge in [-0.3, -0.25) is 4.79 Å². The van der Waals surface area contributed by atoms with E-state index in [2.05, 4.69) is 45.9 Å². The maximum absolute atomic E-state index is 11.8. The molecule has 0 amide bonds. The first kappa shape index (κ1) is 19.2. The van der Waals surface area contributed by atoms with Crippen molar-refractivity contribution in [1.29, 1.82) is 0 Å². The van der Waals surface area contributed by atoms with Gasteiger partial charge in [0.2, 0.25) is 0 Å². The summed E-state index contributed by atoms with van der Waals surface area (Å²) in [5, 5.41) is 0. The van der Waals surface area contributed by atoms with Crippen LogP contribution in [0.25, 0.3) is 0 Å². The molecule has 0 saturated carbocycles. The summed E-state index contributed by atoms with van der Waals surface area (Å²) in [5.41, 5.74) is 4.12. The van der Waals surface area contributed by atoms with E-state index < -0.39 is 0 Å². The second kappa shape index (κ2) is 10.8. The van der Waals surface area contributed by atoms with Gasteiger partial charge in [-0.15, -0.1) is 0 Å². The SMILES string of the molecule is CC(C)=CCCC(C)=CCCC(C)=CCC(=O)Cc1ccco1. The van der Waals surface area contributed by atoms with Crippen molar-refractivity contribution >= 4 is 5.78 Å². The van der Waals surface area contributed by atoms with Crippen LogP contribution in [-0.2, 0) is 11.2 Å². The Labute approximate surface area is 141 Å². The van der Waals surface area contributed by atoms with Gasteiger partial charge in [-0.25, -0.2) is 0 Å². The van der Waals surface area contributed by atoms with Gasteiger partial charge in [-0.1, -0.05) is 34.9 Å². The van der Waals surface area contributed by atoms with Gasteiger partial charge in [0.1, 0.15) is 11.5 Å². The molecule has 0 spiro atoms. The molecular formula is C21H30O2. The Morgan fingerprint density at radius 2 is 1.65 bits per heavy atom. The largest absolute Gasteiger partial charge is 0.469 e. The quantitative estimate of drug-likeness (QED) is 0.481. The number of hydrogen-bond donors (Lipinski definition) is 0. The third kappa shape index (κ3) is 9.72. The fourth-order valence-electron chi connectivity index (χ4n) is 2.31. The molecule has 0 aliphatic heterocycles. The van der Waals surface area contributed by atoms with Crippen LogP contribution in [0.2, 0.25) is 0 Å². The summed E-state index contributed by atoms with van der Waals surface area (Å²) in [6.07, 6.45) is 13.5. The van der Waals surface area contributed by atoms with Crippen molar-refractivity contribution in [2.24, 2.45) is 0 Å². The minimum absolute atomic E-state index is 0.202. The molecule has 1 aromatic rings. The van der Waals surface area contributed by atoms with E-state index in [9.17, 15) is 4.79 Å². The van der Waals surface area contributed by atoms with Crippen LogP contribution in [-0.4, -0.2) is 5.78 Å². The minimum atomic E-state index is 0.202. The highest BCUT2D eigenvalue weighted by Gasteiger charge is 2.04. The van der Waals surface area contributed by atoms with Crippen molar-refractivity contribution < 1.29 is 9.21 Å². The number of carbonyl (C=O) groups is 1. The van der Waals surface area contributed by atoms with E-state index in [1.54, 1.807) is 6.26 Å². The van der Waals surface area contributed by atoms with E-state index in [-0.39, 0.29) is 5.78 Å². The van der Waals surface area contributed by atoms with Crippen molar-refractivity contribution in [3.63, 3.8) is 0 Å². The van der Waals surface area contributed by atoms with Gasteiger partial charge in [0.05, 0.1) is 12.7 Å². The smallest absolute Gasteiger partial charge is 0.144 e. The Kier molecular flexibility index (Phi) is 9.04. The standard InChI is InChI=1S/C21H30O2/c1-17(2)8-5-9-18(3)10-6-11-19(4)13-14-20(22)16-21-12-7-15-23-21/h7-8,10,12-13,15H,5-6,9,11,14,16H2,1-4H3. The number of hydrogen-bond acceptors (Lipinski definition) is 2. The van der Waals surface area contributed by atoms with Crippen molar-refractivity contribution in [2.45, 2.75) is 66.2 Å². The molecule has 1 rings (SSSR count). The summed E-state index contributed by atoms with van der Waals surface area (Å²) >= 11 is 0. The van der Waals surface area contributed by atoms with Crippen molar-refractivity contribution in [3.05, 3.63) is 59.1 Å². The molecule has 0 bridgehead atoms. The zero-order valence-corrected chi connectivity index (χ0v) is 15.0. The molecule has 0 radical (unpaired) electrons. The number of rotatable bonds is 10. The molecule has 0 aliphatic rings. The monoisotopic (exact) mass is 314 g/mol. The van der Waals surface area contributed by atoms with E-state index in [4.69, 9.17) is 4.42 Å². The zero-order chi connectivity index (χ0) is 17.1. The van der Waals surface area contributed by atoms with Gasteiger partial charge in [0.15, 0.2) is 0 Å². The zero-order valence-electron chi connectivity index (χ0n) is 15.0. The molecule has 0 unspecified atom stereocenters. The number of Topliss-reactive ketones (excluding diaryl/α,β-unsaturated/α-hetero) is 1. The van der Waals surface area contributed by atoms with Crippen LogP contribution < -0.4 is 0 Å². The molecular weight excluding hydrogens is 284 g/mol. The van der Waals surface area contributed by atoms with E-state index >= 15 is 0 Å². The average Bonchev–Trinajstić information content (AvgIpc) is 2.97. The van der Waals surface area contributed by atoms with Crippen molar-refractivity contribution in [2.75, 3.05) is 0 Å². The van der Waals surface area contributed by atoms with Crippen molar-refractivity contribution in [3.8, 4) is 0 Å². The van der Waals surface area contributed by atoms with E-state index in [0.29, 0.717) is 12.8 Å². The summed E-state index contributed by atoms with van der Waals surface area (Å²) in [4.78, 5) is 11.8. The first-order valence-corrected chi connectivity index (χ1v) is 8.46. The predicted octanol–water partition coefficient (Wildman–Crippen LogP) is 6.20. The molecule has 23 heavy (non-hydrogen) atoms. The Balaban J connectivity index is 2.25. The van der Waals surface area contributed by atoms with Crippen LogP contribution in [0.4, 0.5) is 0 Å². The highest BCUT2D eigenvalue weighted by molar-refractivity contribution is 5.81. The summed E-state index contributed by atoms with van der Waals surface area (Å²) in [6, 6.07) is 3.66. The van der Waals surface area contributed by atoms with E-state index in [1.165, 1.54) is 16.7 Å². The highest BCUT2D eigenvalue weighted by atomic mass is 16.3. The second-order valence-electron chi connectivity index (χ2n) is 6.46. The normalized spacial score (nSPS) is 12.3. The van der Waals surface area contributed by atoms with Crippen LogP contribution in [0.3, 0.4) is 0 Å². The Morgan fingerprint density at radius 3 is 2.26 bits per heavy atom. The van der Waals surface area contributed by atoms with Gasteiger partial charge in [-0.05, 0) is 65.5 Å². The molecule has 0 fully saturated rings. The lowest BCUT2D eigenvalue weighted by Gasteiger charge is -2.01. The second-order valence-corrected chi connectivity index (χ2v) is 6.46. The van der Waals surface area contributed by atoms with Crippen LogP contribution in [0.5, 0.6) is 0 Å². The molecule has 1 heterocycles. The molecule has 2 nitrogen and oxygen atoms in total. The lowest BCUT2D eigenvalue weighted by Crippen LogP contribution is -2.00. The molecule has 0 aliphatic carbocycles. The molecule has 2 heteroatoms. The maximum Gasteiger partial charge on any atom is 0.144 e. The first-order valence-electron chi connectivity index (χ1n) is 8.46. The van der Waals surface area contributed by atoms with Gasteiger partial charge < -0.3 is 4.42 Å². The average molecular weight is 314 g/mol. The minimum Gasteiger partial charge on any atom is -0.469 e. The lowest BCUT2D eigenvalue weighted by atomic mass is 10.0.